The zero-order valence-electron chi connectivity index (χ0n) is 21.6. The molecule has 1 aromatic carbocycles. The Labute approximate surface area is 222 Å². The number of carbonyl (C=O) groups is 3. The number of aliphatic hydroxyl groups is 3. The maximum absolute atomic E-state index is 12.3. The van der Waals surface area contributed by atoms with Crippen LogP contribution in [-0.4, -0.2) is 88.1 Å². The van der Waals surface area contributed by atoms with E-state index in [0.717, 1.165) is 24.8 Å². The van der Waals surface area contributed by atoms with Crippen molar-refractivity contribution in [1.82, 2.24) is 10.6 Å². The third-order valence-corrected chi connectivity index (χ3v) is 6.29. The summed E-state index contributed by atoms with van der Waals surface area (Å²) in [7, 11) is 0. The van der Waals surface area contributed by atoms with Crippen LogP contribution in [0.15, 0.2) is 24.3 Å². The Balaban J connectivity index is 2.05. The summed E-state index contributed by atoms with van der Waals surface area (Å²) in [5, 5.41) is 45.4. The number of carbonyl (C=O) groups excluding carboxylic acids is 2. The molecule has 0 radical (unpaired) electrons. The van der Waals surface area contributed by atoms with Crippen LogP contribution in [0.25, 0.3) is 0 Å². The largest absolute Gasteiger partial charge is 0.477 e. The lowest BCUT2D eigenvalue weighted by Crippen LogP contribution is -2.64. The Morgan fingerprint density at radius 2 is 1.92 bits per heavy atom. The molecule has 1 heterocycles. The van der Waals surface area contributed by atoms with Crippen molar-refractivity contribution in [3.05, 3.63) is 35.4 Å². The number of terminal acetylenes is 1. The summed E-state index contributed by atoms with van der Waals surface area (Å²) in [5.41, 5.74) is 1.41. The molecule has 0 aliphatic carbocycles. The second-order valence-corrected chi connectivity index (χ2v) is 9.36. The quantitative estimate of drug-likeness (QED) is 0.134. The molecular formula is C27H38N2O9. The number of hydrogen-bond acceptors (Lipinski definition) is 8. The highest BCUT2D eigenvalue weighted by atomic mass is 16.7. The van der Waals surface area contributed by atoms with Crippen LogP contribution in [-0.2, 0) is 30.3 Å². The van der Waals surface area contributed by atoms with Crippen molar-refractivity contribution in [3.63, 3.8) is 0 Å². The molecule has 0 saturated carbocycles. The molecule has 5 atom stereocenters. The Kier molecular flexibility index (Phi) is 12.7. The number of hydrogen-bond donors (Lipinski definition) is 6. The van der Waals surface area contributed by atoms with E-state index < -0.39 is 55.0 Å². The lowest BCUT2D eigenvalue weighted by molar-refractivity contribution is -0.298. The van der Waals surface area contributed by atoms with Gasteiger partial charge in [0, 0.05) is 24.9 Å². The number of nitrogens with one attached hydrogen (secondary N) is 2. The second kappa shape index (κ2) is 15.4. The molecule has 1 saturated heterocycles. The second-order valence-electron chi connectivity index (χ2n) is 9.36. The van der Waals surface area contributed by atoms with E-state index in [-0.39, 0.29) is 31.9 Å². The third-order valence-electron chi connectivity index (χ3n) is 6.29. The fraction of sp³-hybridized carbons (Fsp3) is 0.593. The molecule has 0 unspecified atom stereocenters. The molecule has 38 heavy (non-hydrogen) atoms. The highest BCUT2D eigenvalue weighted by Crippen LogP contribution is 2.33. The molecule has 1 aromatic rings. The zero-order valence-corrected chi connectivity index (χ0v) is 21.6. The number of unbranched alkanes of at least 4 members (excludes halogenated alkanes) is 3. The van der Waals surface area contributed by atoms with E-state index in [1.54, 1.807) is 24.3 Å². The number of benzene rings is 1. The number of ether oxygens (including phenoxy) is 2. The summed E-state index contributed by atoms with van der Waals surface area (Å²) in [6.07, 6.45) is 4.26. The Morgan fingerprint density at radius 1 is 1.21 bits per heavy atom. The summed E-state index contributed by atoms with van der Waals surface area (Å²) in [4.78, 5) is 36.3. The smallest absolute Gasteiger partial charge is 0.364 e. The first kappa shape index (κ1) is 31.2. The standard InChI is InChI=1S/C27H38N2O9/c1-3-5-6-7-12-37-27(26(35)36)15-21(32)25(29-24(34)17-30)22(38-27)14-20(31)16-28-23(33)13-19-10-8-18(4-2)9-11-19/h2,8-11,20-22,25,30-32H,3,5-7,12-17H2,1H3,(H,28,33)(H,29,34)(H,35,36)/t20-,21-,22-,25+,27+/m0/s1. The molecule has 1 fully saturated rings. The van der Waals surface area contributed by atoms with Gasteiger partial charge in [-0.05, 0) is 24.1 Å². The monoisotopic (exact) mass is 534 g/mol. The molecule has 2 amide bonds. The molecule has 2 rings (SSSR count). The third kappa shape index (κ3) is 9.38. The molecule has 0 aromatic heterocycles. The van der Waals surface area contributed by atoms with Gasteiger partial charge in [0.05, 0.1) is 37.4 Å². The number of aliphatic carboxylic acids is 1. The van der Waals surface area contributed by atoms with Crippen LogP contribution in [0, 0.1) is 12.3 Å². The van der Waals surface area contributed by atoms with Gasteiger partial charge < -0.3 is 40.5 Å². The molecule has 6 N–H and O–H groups in total. The Morgan fingerprint density at radius 3 is 2.53 bits per heavy atom. The minimum atomic E-state index is -2.18. The molecule has 1 aliphatic heterocycles. The normalized spacial score (nSPS) is 23.7. The topological polar surface area (TPSA) is 175 Å². The van der Waals surface area contributed by atoms with Gasteiger partial charge in [0.1, 0.15) is 6.61 Å². The van der Waals surface area contributed by atoms with Crippen LogP contribution in [0.3, 0.4) is 0 Å². The molecule has 11 nitrogen and oxygen atoms in total. The Bertz CT molecular complexity index is 962. The minimum absolute atomic E-state index is 0.0550. The minimum Gasteiger partial charge on any atom is -0.477 e. The highest BCUT2D eigenvalue weighted by molar-refractivity contribution is 5.79. The highest BCUT2D eigenvalue weighted by Gasteiger charge is 2.53. The van der Waals surface area contributed by atoms with E-state index >= 15 is 0 Å². The summed E-state index contributed by atoms with van der Waals surface area (Å²) in [6, 6.07) is 5.76. The fourth-order valence-corrected chi connectivity index (χ4v) is 4.24. The van der Waals surface area contributed by atoms with Crippen molar-refractivity contribution >= 4 is 17.8 Å². The number of rotatable bonds is 15. The molecule has 0 bridgehead atoms. The van der Waals surface area contributed by atoms with Gasteiger partial charge in [0.15, 0.2) is 0 Å². The SMILES string of the molecule is C#Cc1ccc(CC(=O)NC[C@@H](O)C[C@@H]2O[C@@](OCCCCCC)(C(=O)O)C[C@H](O)[C@H]2NC(=O)CO)cc1. The number of amides is 2. The summed E-state index contributed by atoms with van der Waals surface area (Å²) in [5.74, 6) is -2.29. The predicted molar refractivity (Wildman–Crippen MR) is 137 cm³/mol. The van der Waals surface area contributed by atoms with Crippen LogP contribution >= 0.6 is 0 Å². The van der Waals surface area contributed by atoms with Crippen molar-refractivity contribution < 1.29 is 44.3 Å². The van der Waals surface area contributed by atoms with E-state index in [9.17, 15) is 29.7 Å². The van der Waals surface area contributed by atoms with Crippen LogP contribution in [0.5, 0.6) is 0 Å². The van der Waals surface area contributed by atoms with Gasteiger partial charge in [-0.1, -0.05) is 44.2 Å². The van der Waals surface area contributed by atoms with Gasteiger partial charge in [-0.15, -0.1) is 6.42 Å². The van der Waals surface area contributed by atoms with E-state index in [1.165, 1.54) is 0 Å². The molecule has 11 heteroatoms. The summed E-state index contributed by atoms with van der Waals surface area (Å²) >= 11 is 0. The molecule has 0 spiro atoms. The summed E-state index contributed by atoms with van der Waals surface area (Å²) < 4.78 is 11.4. The fourth-order valence-electron chi connectivity index (χ4n) is 4.24. The van der Waals surface area contributed by atoms with E-state index in [1.807, 2.05) is 6.92 Å². The lowest BCUT2D eigenvalue weighted by atomic mass is 9.90. The first-order valence-electron chi connectivity index (χ1n) is 12.8. The van der Waals surface area contributed by atoms with E-state index in [4.69, 9.17) is 21.0 Å². The maximum atomic E-state index is 12.3. The van der Waals surface area contributed by atoms with Crippen LogP contribution in [0.1, 0.15) is 56.6 Å². The van der Waals surface area contributed by atoms with Crippen LogP contribution < -0.4 is 10.6 Å². The number of aliphatic hydroxyl groups excluding tert-OH is 3. The summed E-state index contributed by atoms with van der Waals surface area (Å²) in [6.45, 7) is 1.08. The average Bonchev–Trinajstić information content (AvgIpc) is 2.89. The number of carboxylic acids is 1. The van der Waals surface area contributed by atoms with Gasteiger partial charge in [-0.2, -0.15) is 0 Å². The Hall–Kier alpha value is -3.01. The van der Waals surface area contributed by atoms with Crippen molar-refractivity contribution in [2.45, 2.75) is 82.0 Å². The van der Waals surface area contributed by atoms with E-state index in [0.29, 0.717) is 12.0 Å². The van der Waals surface area contributed by atoms with Gasteiger partial charge in [0.25, 0.3) is 5.79 Å². The van der Waals surface area contributed by atoms with Crippen molar-refractivity contribution in [2.75, 3.05) is 19.8 Å². The van der Waals surface area contributed by atoms with Crippen molar-refractivity contribution in [1.29, 1.82) is 0 Å². The number of carboxylic acid groups (broad SMARTS) is 1. The first-order chi connectivity index (χ1) is 18.1. The van der Waals surface area contributed by atoms with Gasteiger partial charge >= 0.3 is 5.97 Å². The van der Waals surface area contributed by atoms with Crippen molar-refractivity contribution in [3.8, 4) is 12.3 Å². The first-order valence-corrected chi connectivity index (χ1v) is 12.8. The van der Waals surface area contributed by atoms with Gasteiger partial charge in [-0.25, -0.2) is 4.79 Å². The van der Waals surface area contributed by atoms with Crippen LogP contribution in [0.2, 0.25) is 0 Å². The van der Waals surface area contributed by atoms with Gasteiger partial charge in [-0.3, -0.25) is 9.59 Å². The zero-order chi connectivity index (χ0) is 28.1. The lowest BCUT2D eigenvalue weighted by Gasteiger charge is -2.45. The predicted octanol–water partition coefficient (Wildman–Crippen LogP) is 0.0823. The average molecular weight is 535 g/mol. The van der Waals surface area contributed by atoms with Crippen molar-refractivity contribution in [2.24, 2.45) is 0 Å². The van der Waals surface area contributed by atoms with Crippen LogP contribution in [0.4, 0.5) is 0 Å². The molecule has 210 valence electrons. The van der Waals surface area contributed by atoms with Gasteiger partial charge in [0.2, 0.25) is 11.8 Å². The molecular weight excluding hydrogens is 496 g/mol. The molecule has 1 aliphatic rings. The maximum Gasteiger partial charge on any atom is 0.364 e. The van der Waals surface area contributed by atoms with E-state index in [2.05, 4.69) is 16.6 Å².